The largest absolute Gasteiger partial charge is 0.383 e. The highest BCUT2D eigenvalue weighted by molar-refractivity contribution is 5.78. The third-order valence-electron chi connectivity index (χ3n) is 3.36. The Balaban J connectivity index is 2.52. The van der Waals surface area contributed by atoms with Crippen molar-refractivity contribution in [2.45, 2.75) is 45.3 Å². The smallest absolute Gasteiger partial charge is 0.188 e. The van der Waals surface area contributed by atoms with E-state index in [1.54, 1.807) is 7.11 Å². The van der Waals surface area contributed by atoms with Gasteiger partial charge in [0.05, 0.1) is 13.2 Å². The van der Waals surface area contributed by atoms with Crippen LogP contribution >= 0.6 is 0 Å². The van der Waals surface area contributed by atoms with Crippen molar-refractivity contribution in [3.05, 3.63) is 35.9 Å². The van der Waals surface area contributed by atoms with Gasteiger partial charge in [0.15, 0.2) is 5.96 Å². The van der Waals surface area contributed by atoms with E-state index in [9.17, 15) is 0 Å². The monoisotopic (exact) mass is 306 g/mol. The summed E-state index contributed by atoms with van der Waals surface area (Å²) < 4.78 is 5.07. The van der Waals surface area contributed by atoms with Gasteiger partial charge in [0.25, 0.3) is 0 Å². The topological polar surface area (TPSA) is 71.7 Å². The van der Waals surface area contributed by atoms with Crippen LogP contribution in [0.15, 0.2) is 35.3 Å². The van der Waals surface area contributed by atoms with Crippen molar-refractivity contribution in [1.29, 1.82) is 0 Å². The molecular formula is C17H30N4O. The highest BCUT2D eigenvalue weighted by atomic mass is 16.5. The Bertz CT molecular complexity index is 459. The molecule has 1 rings (SSSR count). The second kappa shape index (κ2) is 8.76. The molecule has 0 radical (unpaired) electrons. The highest BCUT2D eigenvalue weighted by Crippen LogP contribution is 2.16. The Labute approximate surface area is 134 Å². The molecule has 5 heteroatoms. The van der Waals surface area contributed by atoms with Crippen LogP contribution in [0.5, 0.6) is 0 Å². The third-order valence-corrected chi connectivity index (χ3v) is 3.36. The van der Waals surface area contributed by atoms with E-state index in [4.69, 9.17) is 10.5 Å². The zero-order valence-electron chi connectivity index (χ0n) is 14.4. The highest BCUT2D eigenvalue weighted by Gasteiger charge is 2.20. The standard InChI is InChI=1S/C17H30N4O/c1-13(11-22-5)20-16(18)19-12-17(3,4)21-14(2)15-9-7-6-8-10-15/h6-10,13-14,21H,11-12H2,1-5H3,(H3,18,19,20). The van der Waals surface area contributed by atoms with Crippen molar-refractivity contribution in [2.75, 3.05) is 20.3 Å². The molecule has 0 aliphatic carbocycles. The molecule has 0 saturated heterocycles. The lowest BCUT2D eigenvalue weighted by Gasteiger charge is -2.29. The molecule has 2 unspecified atom stereocenters. The van der Waals surface area contributed by atoms with Gasteiger partial charge in [-0.3, -0.25) is 4.99 Å². The number of hydrogen-bond donors (Lipinski definition) is 3. The fourth-order valence-corrected chi connectivity index (χ4v) is 2.33. The number of ether oxygens (including phenoxy) is 1. The number of benzene rings is 1. The first-order valence-electron chi connectivity index (χ1n) is 7.72. The van der Waals surface area contributed by atoms with E-state index in [-0.39, 0.29) is 17.6 Å². The number of nitrogens with two attached hydrogens (primary N) is 1. The normalized spacial score (nSPS) is 15.4. The van der Waals surface area contributed by atoms with Crippen LogP contribution in [-0.4, -0.2) is 37.8 Å². The van der Waals surface area contributed by atoms with Crippen molar-refractivity contribution in [3.63, 3.8) is 0 Å². The third kappa shape index (κ3) is 6.91. The van der Waals surface area contributed by atoms with Crippen LogP contribution in [0.1, 0.15) is 39.3 Å². The Morgan fingerprint density at radius 2 is 1.91 bits per heavy atom. The van der Waals surface area contributed by atoms with E-state index in [2.05, 4.69) is 60.7 Å². The summed E-state index contributed by atoms with van der Waals surface area (Å²) >= 11 is 0. The zero-order valence-corrected chi connectivity index (χ0v) is 14.4. The quantitative estimate of drug-likeness (QED) is 0.508. The van der Waals surface area contributed by atoms with E-state index in [0.29, 0.717) is 19.1 Å². The van der Waals surface area contributed by atoms with Crippen LogP contribution in [0.3, 0.4) is 0 Å². The van der Waals surface area contributed by atoms with Crippen LogP contribution in [0, 0.1) is 0 Å². The van der Waals surface area contributed by atoms with E-state index < -0.39 is 0 Å². The SMILES string of the molecule is COCC(C)NC(N)=NCC(C)(C)NC(C)c1ccccc1. The van der Waals surface area contributed by atoms with Gasteiger partial charge in [-0.2, -0.15) is 0 Å². The molecule has 0 aliphatic heterocycles. The van der Waals surface area contributed by atoms with E-state index in [1.807, 2.05) is 13.0 Å². The molecule has 0 amide bonds. The average Bonchev–Trinajstić information content (AvgIpc) is 2.46. The number of methoxy groups -OCH3 is 1. The first kappa shape index (κ1) is 18.5. The van der Waals surface area contributed by atoms with Gasteiger partial charge in [-0.1, -0.05) is 30.3 Å². The summed E-state index contributed by atoms with van der Waals surface area (Å²) in [5.41, 5.74) is 7.03. The van der Waals surface area contributed by atoms with Gasteiger partial charge < -0.3 is 21.1 Å². The number of aliphatic imine (C=N–C) groups is 1. The second-order valence-electron chi connectivity index (χ2n) is 6.36. The van der Waals surface area contributed by atoms with Crippen molar-refractivity contribution < 1.29 is 4.74 Å². The first-order valence-corrected chi connectivity index (χ1v) is 7.72. The molecule has 0 fully saturated rings. The molecule has 1 aromatic carbocycles. The summed E-state index contributed by atoms with van der Waals surface area (Å²) in [6, 6.07) is 10.8. The molecule has 0 spiro atoms. The Morgan fingerprint density at radius 3 is 2.50 bits per heavy atom. The predicted molar refractivity (Wildman–Crippen MR) is 93.0 cm³/mol. The summed E-state index contributed by atoms with van der Waals surface area (Å²) in [5, 5.41) is 6.70. The molecule has 0 saturated carbocycles. The summed E-state index contributed by atoms with van der Waals surface area (Å²) in [4.78, 5) is 4.43. The number of hydrogen-bond acceptors (Lipinski definition) is 3. The summed E-state index contributed by atoms with van der Waals surface area (Å²) in [6.07, 6.45) is 0. The molecule has 0 aliphatic rings. The van der Waals surface area contributed by atoms with Gasteiger partial charge >= 0.3 is 0 Å². The molecule has 0 aromatic heterocycles. The lowest BCUT2D eigenvalue weighted by atomic mass is 10.0. The minimum absolute atomic E-state index is 0.146. The lowest BCUT2D eigenvalue weighted by molar-refractivity contribution is 0.179. The van der Waals surface area contributed by atoms with Gasteiger partial charge in [-0.15, -0.1) is 0 Å². The summed E-state index contributed by atoms with van der Waals surface area (Å²) in [7, 11) is 1.67. The first-order chi connectivity index (χ1) is 10.3. The molecule has 1 aromatic rings. The van der Waals surface area contributed by atoms with Crippen LogP contribution in [0.4, 0.5) is 0 Å². The lowest BCUT2D eigenvalue weighted by Crippen LogP contribution is -2.46. The molecule has 124 valence electrons. The molecule has 4 N–H and O–H groups in total. The summed E-state index contributed by atoms with van der Waals surface area (Å²) in [6.45, 7) is 9.62. The average molecular weight is 306 g/mol. The van der Waals surface area contributed by atoms with Crippen LogP contribution in [0.25, 0.3) is 0 Å². The number of nitrogens with one attached hydrogen (secondary N) is 2. The minimum atomic E-state index is -0.147. The molecular weight excluding hydrogens is 276 g/mol. The van der Waals surface area contributed by atoms with Gasteiger partial charge in [0.2, 0.25) is 0 Å². The fraction of sp³-hybridized carbons (Fsp3) is 0.588. The van der Waals surface area contributed by atoms with Gasteiger partial charge in [-0.25, -0.2) is 0 Å². The number of rotatable bonds is 8. The maximum absolute atomic E-state index is 5.91. The molecule has 0 bridgehead atoms. The van der Waals surface area contributed by atoms with Gasteiger partial charge in [0.1, 0.15) is 0 Å². The van der Waals surface area contributed by atoms with Gasteiger partial charge in [0, 0.05) is 24.7 Å². The maximum atomic E-state index is 5.91. The number of nitrogens with zero attached hydrogens (tertiary/aromatic N) is 1. The molecule has 0 heterocycles. The van der Waals surface area contributed by atoms with Crippen LogP contribution in [-0.2, 0) is 4.74 Å². The van der Waals surface area contributed by atoms with E-state index in [1.165, 1.54) is 5.56 Å². The van der Waals surface area contributed by atoms with Crippen molar-refractivity contribution in [3.8, 4) is 0 Å². The van der Waals surface area contributed by atoms with Crippen LogP contribution < -0.4 is 16.4 Å². The Hall–Kier alpha value is -1.59. The number of guanidine groups is 1. The molecule has 22 heavy (non-hydrogen) atoms. The van der Waals surface area contributed by atoms with E-state index in [0.717, 1.165) is 0 Å². The van der Waals surface area contributed by atoms with Crippen molar-refractivity contribution in [1.82, 2.24) is 10.6 Å². The fourth-order valence-electron chi connectivity index (χ4n) is 2.33. The molecule has 5 nitrogen and oxygen atoms in total. The van der Waals surface area contributed by atoms with E-state index >= 15 is 0 Å². The summed E-state index contributed by atoms with van der Waals surface area (Å²) in [5.74, 6) is 0.451. The van der Waals surface area contributed by atoms with Gasteiger partial charge in [-0.05, 0) is 33.3 Å². The molecule has 2 atom stereocenters. The predicted octanol–water partition coefficient (Wildman–Crippen LogP) is 2.06. The minimum Gasteiger partial charge on any atom is -0.383 e. The second-order valence-corrected chi connectivity index (χ2v) is 6.36. The van der Waals surface area contributed by atoms with Crippen molar-refractivity contribution >= 4 is 5.96 Å². The Morgan fingerprint density at radius 1 is 1.27 bits per heavy atom. The zero-order chi connectivity index (χ0) is 16.6. The Kier molecular flexibility index (Phi) is 7.35. The maximum Gasteiger partial charge on any atom is 0.188 e. The van der Waals surface area contributed by atoms with Crippen LogP contribution in [0.2, 0.25) is 0 Å². The van der Waals surface area contributed by atoms with Crippen molar-refractivity contribution in [2.24, 2.45) is 10.7 Å².